The summed E-state index contributed by atoms with van der Waals surface area (Å²) in [5.41, 5.74) is 1.18. The van der Waals surface area contributed by atoms with Gasteiger partial charge in [0.1, 0.15) is 0 Å². The SMILES string of the molecule is CC1(C(=O)N2CCC(Cc3cnc[nH]3)CC2)CC2CCC1C2. The Hall–Kier alpha value is -1.32. The highest BCUT2D eigenvalue weighted by Crippen LogP contribution is 2.56. The van der Waals surface area contributed by atoms with Crippen LogP contribution in [0.1, 0.15) is 51.1 Å². The Morgan fingerprint density at radius 3 is 2.77 bits per heavy atom. The van der Waals surface area contributed by atoms with E-state index in [0.29, 0.717) is 17.7 Å². The van der Waals surface area contributed by atoms with Crippen molar-refractivity contribution in [1.82, 2.24) is 14.9 Å². The van der Waals surface area contributed by atoms with Gasteiger partial charge < -0.3 is 9.88 Å². The maximum absolute atomic E-state index is 13.0. The van der Waals surface area contributed by atoms with Gasteiger partial charge in [0.25, 0.3) is 0 Å². The number of H-pyrrole nitrogens is 1. The lowest BCUT2D eigenvalue weighted by Crippen LogP contribution is -2.48. The fourth-order valence-electron chi connectivity index (χ4n) is 5.28. The van der Waals surface area contributed by atoms with Gasteiger partial charge in [-0.25, -0.2) is 4.98 Å². The normalized spacial score (nSPS) is 35.2. The number of aromatic amines is 1. The van der Waals surface area contributed by atoms with Crippen molar-refractivity contribution in [3.8, 4) is 0 Å². The topological polar surface area (TPSA) is 49.0 Å². The Morgan fingerprint density at radius 1 is 1.36 bits per heavy atom. The summed E-state index contributed by atoms with van der Waals surface area (Å²) >= 11 is 0. The summed E-state index contributed by atoms with van der Waals surface area (Å²) in [5.74, 6) is 2.64. The molecule has 2 saturated carbocycles. The molecule has 3 unspecified atom stereocenters. The minimum absolute atomic E-state index is 0.0425. The molecular formula is C18H27N3O. The van der Waals surface area contributed by atoms with Crippen LogP contribution in [-0.2, 0) is 11.2 Å². The first-order valence-electron chi connectivity index (χ1n) is 8.92. The average Bonchev–Trinajstić information content (AvgIpc) is 3.24. The highest BCUT2D eigenvalue weighted by atomic mass is 16.2. The molecule has 1 aromatic heterocycles. The summed E-state index contributed by atoms with van der Waals surface area (Å²) in [6.07, 6.45) is 12.1. The van der Waals surface area contributed by atoms with Crippen LogP contribution in [0.15, 0.2) is 12.5 Å². The van der Waals surface area contributed by atoms with Crippen molar-refractivity contribution in [1.29, 1.82) is 0 Å². The lowest BCUT2D eigenvalue weighted by Gasteiger charge is -2.40. The number of aromatic nitrogens is 2. The Labute approximate surface area is 132 Å². The predicted molar refractivity (Wildman–Crippen MR) is 85.2 cm³/mol. The van der Waals surface area contributed by atoms with E-state index in [1.165, 1.54) is 25.0 Å². The number of imidazole rings is 1. The molecule has 3 atom stereocenters. The van der Waals surface area contributed by atoms with Gasteiger partial charge in [-0.3, -0.25) is 4.79 Å². The number of nitrogens with one attached hydrogen (secondary N) is 1. The second-order valence-corrected chi connectivity index (χ2v) is 8.01. The Bertz CT molecular complexity index is 533. The monoisotopic (exact) mass is 301 g/mol. The molecule has 3 aliphatic rings. The van der Waals surface area contributed by atoms with Gasteiger partial charge >= 0.3 is 0 Å². The number of hydrogen-bond donors (Lipinski definition) is 1. The lowest BCUT2D eigenvalue weighted by atomic mass is 9.73. The smallest absolute Gasteiger partial charge is 0.228 e. The van der Waals surface area contributed by atoms with Gasteiger partial charge in [-0.1, -0.05) is 13.3 Å². The van der Waals surface area contributed by atoms with E-state index in [1.54, 1.807) is 6.33 Å². The van der Waals surface area contributed by atoms with Crippen LogP contribution in [0, 0.1) is 23.2 Å². The van der Waals surface area contributed by atoms with Crippen molar-refractivity contribution < 1.29 is 4.79 Å². The van der Waals surface area contributed by atoms with Crippen molar-refractivity contribution in [2.75, 3.05) is 13.1 Å². The van der Waals surface area contributed by atoms with E-state index in [-0.39, 0.29) is 5.41 Å². The molecule has 2 bridgehead atoms. The van der Waals surface area contributed by atoms with Crippen LogP contribution in [0.2, 0.25) is 0 Å². The first-order valence-corrected chi connectivity index (χ1v) is 8.92. The number of piperidine rings is 1. The zero-order valence-electron chi connectivity index (χ0n) is 13.6. The molecule has 4 nitrogen and oxygen atoms in total. The van der Waals surface area contributed by atoms with Crippen molar-refractivity contribution in [2.24, 2.45) is 23.2 Å². The van der Waals surface area contributed by atoms with Crippen molar-refractivity contribution >= 4 is 5.91 Å². The largest absolute Gasteiger partial charge is 0.348 e. The summed E-state index contributed by atoms with van der Waals surface area (Å²) in [4.78, 5) is 22.5. The third-order valence-electron chi connectivity index (χ3n) is 6.61. The van der Waals surface area contributed by atoms with Crippen LogP contribution in [-0.4, -0.2) is 33.9 Å². The Kier molecular flexibility index (Phi) is 3.50. The second-order valence-electron chi connectivity index (χ2n) is 8.01. The summed E-state index contributed by atoms with van der Waals surface area (Å²) < 4.78 is 0. The Balaban J connectivity index is 1.34. The fourth-order valence-corrected chi connectivity index (χ4v) is 5.28. The quantitative estimate of drug-likeness (QED) is 0.933. The van der Waals surface area contributed by atoms with E-state index < -0.39 is 0 Å². The number of fused-ring (bicyclic) bond motifs is 2. The molecule has 1 aromatic rings. The summed E-state index contributed by atoms with van der Waals surface area (Å²) in [6.45, 7) is 4.14. The van der Waals surface area contributed by atoms with E-state index >= 15 is 0 Å². The zero-order chi connectivity index (χ0) is 15.2. The number of rotatable bonds is 3. The number of hydrogen-bond acceptors (Lipinski definition) is 2. The molecule has 2 aliphatic carbocycles. The molecule has 1 N–H and O–H groups in total. The van der Waals surface area contributed by atoms with E-state index in [4.69, 9.17) is 0 Å². The first kappa shape index (κ1) is 14.3. The second kappa shape index (κ2) is 5.39. The van der Waals surface area contributed by atoms with Crippen molar-refractivity contribution in [3.63, 3.8) is 0 Å². The molecule has 0 aromatic carbocycles. The third-order valence-corrected chi connectivity index (χ3v) is 6.61. The predicted octanol–water partition coefficient (Wildman–Crippen LogP) is 3.02. The van der Waals surface area contributed by atoms with Crippen LogP contribution in [0.3, 0.4) is 0 Å². The Morgan fingerprint density at radius 2 is 2.18 bits per heavy atom. The molecule has 1 aliphatic heterocycles. The maximum Gasteiger partial charge on any atom is 0.228 e. The maximum atomic E-state index is 13.0. The molecule has 1 saturated heterocycles. The molecule has 3 fully saturated rings. The average molecular weight is 301 g/mol. The number of carbonyl (C=O) groups excluding carboxylic acids is 1. The molecule has 22 heavy (non-hydrogen) atoms. The van der Waals surface area contributed by atoms with Crippen molar-refractivity contribution in [2.45, 2.75) is 51.9 Å². The van der Waals surface area contributed by atoms with E-state index in [0.717, 1.165) is 44.7 Å². The molecule has 0 spiro atoms. The van der Waals surface area contributed by atoms with Gasteiger partial charge in [0.05, 0.1) is 6.33 Å². The molecule has 1 amide bonds. The minimum Gasteiger partial charge on any atom is -0.348 e. The number of nitrogens with zero attached hydrogens (tertiary/aromatic N) is 2. The number of carbonyl (C=O) groups is 1. The van der Waals surface area contributed by atoms with Gasteiger partial charge in [0, 0.05) is 30.4 Å². The van der Waals surface area contributed by atoms with Crippen LogP contribution in [0.25, 0.3) is 0 Å². The summed E-state index contributed by atoms with van der Waals surface area (Å²) in [5, 5.41) is 0. The molecular weight excluding hydrogens is 274 g/mol. The van der Waals surface area contributed by atoms with Crippen LogP contribution in [0.5, 0.6) is 0 Å². The highest BCUT2D eigenvalue weighted by Gasteiger charge is 2.53. The zero-order valence-corrected chi connectivity index (χ0v) is 13.6. The van der Waals surface area contributed by atoms with Crippen LogP contribution in [0.4, 0.5) is 0 Å². The molecule has 4 rings (SSSR count). The van der Waals surface area contributed by atoms with E-state index in [1.807, 2.05) is 6.20 Å². The van der Waals surface area contributed by atoms with Gasteiger partial charge in [0.2, 0.25) is 5.91 Å². The minimum atomic E-state index is -0.0425. The molecule has 0 radical (unpaired) electrons. The first-order chi connectivity index (χ1) is 10.6. The van der Waals surface area contributed by atoms with E-state index in [2.05, 4.69) is 21.8 Å². The van der Waals surface area contributed by atoms with E-state index in [9.17, 15) is 4.79 Å². The number of likely N-dealkylation sites (tertiary alicyclic amines) is 1. The highest BCUT2D eigenvalue weighted by molar-refractivity contribution is 5.83. The van der Waals surface area contributed by atoms with Crippen LogP contribution < -0.4 is 0 Å². The van der Waals surface area contributed by atoms with Gasteiger partial charge in [-0.15, -0.1) is 0 Å². The molecule has 120 valence electrons. The standard InChI is InChI=1S/C18H27N3O/c1-18(10-14-2-3-15(18)8-14)17(22)21-6-4-13(5-7-21)9-16-11-19-12-20-16/h11-15H,2-10H2,1H3,(H,19,20). The van der Waals surface area contributed by atoms with Crippen LogP contribution >= 0.6 is 0 Å². The summed E-state index contributed by atoms with van der Waals surface area (Å²) in [6, 6.07) is 0. The van der Waals surface area contributed by atoms with Gasteiger partial charge in [0.15, 0.2) is 0 Å². The lowest BCUT2D eigenvalue weighted by molar-refractivity contribution is -0.145. The number of amides is 1. The van der Waals surface area contributed by atoms with Gasteiger partial charge in [-0.05, 0) is 56.3 Å². The molecule has 4 heteroatoms. The van der Waals surface area contributed by atoms with Crippen molar-refractivity contribution in [3.05, 3.63) is 18.2 Å². The van der Waals surface area contributed by atoms with Gasteiger partial charge in [-0.2, -0.15) is 0 Å². The molecule has 2 heterocycles. The third kappa shape index (κ3) is 2.37. The fraction of sp³-hybridized carbons (Fsp3) is 0.778. The summed E-state index contributed by atoms with van der Waals surface area (Å²) in [7, 11) is 0.